The molecule has 0 N–H and O–H groups in total. The van der Waals surface area contributed by atoms with Gasteiger partial charge in [-0.1, -0.05) is 23.3 Å². The summed E-state index contributed by atoms with van der Waals surface area (Å²) >= 11 is 0. The predicted molar refractivity (Wildman–Crippen MR) is 43.5 cm³/mol. The zero-order valence-electron chi connectivity index (χ0n) is 6.86. The van der Waals surface area contributed by atoms with Crippen LogP contribution in [0.5, 0.6) is 0 Å². The maximum atomic E-state index is 2.25. The molecule has 0 rings (SSSR count). The number of allylic oxidation sites excluding steroid dienone is 4. The van der Waals surface area contributed by atoms with Gasteiger partial charge < -0.3 is 0 Å². The number of hydrogen-bond donors (Lipinski definition) is 0. The van der Waals surface area contributed by atoms with E-state index >= 15 is 0 Å². The molecule has 0 atom stereocenters. The molecule has 52 valence electrons. The van der Waals surface area contributed by atoms with Crippen LogP contribution in [0.4, 0.5) is 0 Å². The van der Waals surface area contributed by atoms with Gasteiger partial charge in [-0.25, -0.2) is 0 Å². The van der Waals surface area contributed by atoms with Crippen molar-refractivity contribution in [1.29, 1.82) is 0 Å². The highest BCUT2D eigenvalue weighted by atomic mass is 13.9. The van der Waals surface area contributed by atoms with Crippen molar-refractivity contribution in [2.24, 2.45) is 0 Å². The van der Waals surface area contributed by atoms with Gasteiger partial charge in [0.2, 0.25) is 0 Å². The van der Waals surface area contributed by atoms with Crippen LogP contribution in [0.25, 0.3) is 0 Å². The van der Waals surface area contributed by atoms with Crippen molar-refractivity contribution in [3.05, 3.63) is 23.3 Å². The van der Waals surface area contributed by atoms with Crippen molar-refractivity contribution >= 4 is 0 Å². The van der Waals surface area contributed by atoms with Gasteiger partial charge in [0.1, 0.15) is 0 Å². The lowest BCUT2D eigenvalue weighted by Gasteiger charge is -1.92. The SMILES string of the molecule is CC=C(C)CC=C(C)C. The summed E-state index contributed by atoms with van der Waals surface area (Å²) in [7, 11) is 0. The van der Waals surface area contributed by atoms with Gasteiger partial charge in [-0.15, -0.1) is 0 Å². The molecule has 0 amide bonds. The number of rotatable bonds is 2. The fraction of sp³-hybridized carbons (Fsp3) is 0.556. The van der Waals surface area contributed by atoms with Crippen LogP contribution in [0, 0.1) is 0 Å². The minimum atomic E-state index is 1.11. The van der Waals surface area contributed by atoms with E-state index in [0.29, 0.717) is 0 Å². The third-order valence-electron chi connectivity index (χ3n) is 1.33. The second-order valence-electron chi connectivity index (χ2n) is 2.62. The van der Waals surface area contributed by atoms with Gasteiger partial charge in [-0.2, -0.15) is 0 Å². The quantitative estimate of drug-likeness (QED) is 0.495. The molecule has 0 nitrogen and oxygen atoms in total. The topological polar surface area (TPSA) is 0 Å². The maximum absolute atomic E-state index is 2.25. The van der Waals surface area contributed by atoms with E-state index in [1.165, 1.54) is 11.1 Å². The number of hydrogen-bond acceptors (Lipinski definition) is 0. The highest BCUT2D eigenvalue weighted by Gasteiger charge is 1.81. The van der Waals surface area contributed by atoms with Crippen LogP contribution in [0.3, 0.4) is 0 Å². The van der Waals surface area contributed by atoms with Crippen molar-refractivity contribution in [3.8, 4) is 0 Å². The Labute approximate surface area is 58.3 Å². The van der Waals surface area contributed by atoms with Crippen LogP contribution in [0.1, 0.15) is 34.1 Å². The Morgan fingerprint density at radius 1 is 1.22 bits per heavy atom. The van der Waals surface area contributed by atoms with Gasteiger partial charge >= 0.3 is 0 Å². The Bertz CT molecular complexity index is 123. The third-order valence-corrected chi connectivity index (χ3v) is 1.33. The lowest BCUT2D eigenvalue weighted by Crippen LogP contribution is -1.71. The monoisotopic (exact) mass is 124 g/mol. The molecule has 0 saturated heterocycles. The van der Waals surface area contributed by atoms with E-state index in [1.54, 1.807) is 0 Å². The van der Waals surface area contributed by atoms with Crippen LogP contribution in [0.15, 0.2) is 23.3 Å². The zero-order valence-corrected chi connectivity index (χ0v) is 6.86. The van der Waals surface area contributed by atoms with E-state index in [9.17, 15) is 0 Å². The first-order valence-electron chi connectivity index (χ1n) is 3.42. The fourth-order valence-corrected chi connectivity index (χ4v) is 0.483. The van der Waals surface area contributed by atoms with E-state index in [4.69, 9.17) is 0 Å². The Morgan fingerprint density at radius 3 is 2.11 bits per heavy atom. The first-order valence-corrected chi connectivity index (χ1v) is 3.42. The summed E-state index contributed by atoms with van der Waals surface area (Å²) in [6.07, 6.45) is 5.51. The Balaban J connectivity index is 3.64. The van der Waals surface area contributed by atoms with Crippen LogP contribution in [0.2, 0.25) is 0 Å². The standard InChI is InChI=1S/C9H16/c1-5-9(4)7-6-8(2)3/h5-6H,7H2,1-4H3. The van der Waals surface area contributed by atoms with E-state index in [0.717, 1.165) is 6.42 Å². The first kappa shape index (κ1) is 8.48. The zero-order chi connectivity index (χ0) is 7.28. The molecule has 0 aliphatic rings. The molecule has 0 fully saturated rings. The summed E-state index contributed by atoms with van der Waals surface area (Å²) in [5.74, 6) is 0. The minimum Gasteiger partial charge on any atom is -0.0884 e. The van der Waals surface area contributed by atoms with Gasteiger partial charge in [0.25, 0.3) is 0 Å². The maximum Gasteiger partial charge on any atom is -0.0139 e. The van der Waals surface area contributed by atoms with E-state index in [-0.39, 0.29) is 0 Å². The summed E-state index contributed by atoms with van der Waals surface area (Å²) in [6, 6.07) is 0. The van der Waals surface area contributed by atoms with Crippen molar-refractivity contribution in [3.63, 3.8) is 0 Å². The largest absolute Gasteiger partial charge is 0.0884 e. The lowest BCUT2D eigenvalue weighted by molar-refractivity contribution is 1.16. The van der Waals surface area contributed by atoms with Crippen molar-refractivity contribution in [2.75, 3.05) is 0 Å². The first-order chi connectivity index (χ1) is 4.16. The summed E-state index contributed by atoms with van der Waals surface area (Å²) in [5, 5.41) is 0. The smallest absolute Gasteiger partial charge is 0.0139 e. The van der Waals surface area contributed by atoms with Crippen LogP contribution in [-0.4, -0.2) is 0 Å². The van der Waals surface area contributed by atoms with Crippen molar-refractivity contribution in [2.45, 2.75) is 34.1 Å². The van der Waals surface area contributed by atoms with Crippen LogP contribution < -0.4 is 0 Å². The highest BCUT2D eigenvalue weighted by molar-refractivity contribution is 5.06. The van der Waals surface area contributed by atoms with Gasteiger partial charge in [0.05, 0.1) is 0 Å². The average molecular weight is 124 g/mol. The van der Waals surface area contributed by atoms with Gasteiger partial charge in [-0.3, -0.25) is 0 Å². The molecule has 0 aromatic carbocycles. The van der Waals surface area contributed by atoms with E-state index in [1.807, 2.05) is 0 Å². The average Bonchev–Trinajstić information content (AvgIpc) is 1.83. The fourth-order valence-electron chi connectivity index (χ4n) is 0.483. The molecule has 0 saturated carbocycles. The Hall–Kier alpha value is -0.520. The van der Waals surface area contributed by atoms with Gasteiger partial charge in [0, 0.05) is 0 Å². The molecule has 0 heterocycles. The normalized spacial score (nSPS) is 11.3. The van der Waals surface area contributed by atoms with Crippen molar-refractivity contribution in [1.82, 2.24) is 0 Å². The Kier molecular flexibility index (Phi) is 4.12. The molecule has 0 radical (unpaired) electrons. The summed E-state index contributed by atoms with van der Waals surface area (Å²) < 4.78 is 0. The molecular formula is C9H16. The molecule has 0 aliphatic heterocycles. The van der Waals surface area contributed by atoms with E-state index < -0.39 is 0 Å². The molecule has 0 aromatic rings. The van der Waals surface area contributed by atoms with Crippen LogP contribution in [-0.2, 0) is 0 Å². The molecule has 0 aromatic heterocycles. The summed E-state index contributed by atoms with van der Waals surface area (Å²) in [6.45, 7) is 8.49. The molecule has 0 heteroatoms. The molecule has 9 heavy (non-hydrogen) atoms. The Morgan fingerprint density at radius 2 is 1.78 bits per heavy atom. The molecule has 0 unspecified atom stereocenters. The second kappa shape index (κ2) is 4.37. The van der Waals surface area contributed by atoms with Gasteiger partial charge in [-0.05, 0) is 34.1 Å². The highest BCUT2D eigenvalue weighted by Crippen LogP contribution is 2.02. The van der Waals surface area contributed by atoms with Crippen molar-refractivity contribution < 1.29 is 0 Å². The summed E-state index contributed by atoms with van der Waals surface area (Å²) in [4.78, 5) is 0. The molecular weight excluding hydrogens is 108 g/mol. The van der Waals surface area contributed by atoms with Gasteiger partial charge in [0.15, 0.2) is 0 Å². The molecule has 0 spiro atoms. The third kappa shape index (κ3) is 5.35. The lowest BCUT2D eigenvalue weighted by atomic mass is 10.1. The molecule has 0 aliphatic carbocycles. The van der Waals surface area contributed by atoms with E-state index in [2.05, 4.69) is 39.8 Å². The minimum absolute atomic E-state index is 1.11. The molecule has 0 bridgehead atoms. The van der Waals surface area contributed by atoms with Crippen LogP contribution >= 0.6 is 0 Å². The summed E-state index contributed by atoms with van der Waals surface area (Å²) in [5.41, 5.74) is 2.84. The second-order valence-corrected chi connectivity index (χ2v) is 2.62. The predicted octanol–water partition coefficient (Wildman–Crippen LogP) is 3.31.